The third-order valence-corrected chi connectivity index (χ3v) is 8.25. The average molecular weight is 625 g/mol. The summed E-state index contributed by atoms with van der Waals surface area (Å²) in [6, 6.07) is 20.7. The van der Waals surface area contributed by atoms with Crippen molar-refractivity contribution in [2.45, 2.75) is 43.9 Å². The third kappa shape index (κ3) is 7.08. The van der Waals surface area contributed by atoms with E-state index < -0.39 is 30.3 Å². The van der Waals surface area contributed by atoms with Gasteiger partial charge < -0.3 is 20.3 Å². The number of aromatic nitrogens is 2. The van der Waals surface area contributed by atoms with Crippen molar-refractivity contribution >= 4 is 23.9 Å². The number of hydrogen-bond donors (Lipinski definition) is 3. The SMILES string of the molecule is Cc1cccc(C)c1-c1cc(OC(CN)c2ccc(OCC3(C(F)(F)F)CC3)cc2)nc(NSc2cccc(C(=O)O)c2)n1. The van der Waals surface area contributed by atoms with Crippen LogP contribution >= 0.6 is 11.9 Å². The first-order chi connectivity index (χ1) is 21.0. The van der Waals surface area contributed by atoms with Crippen LogP contribution < -0.4 is 19.9 Å². The standard InChI is InChI=1S/C32H31F3N4O4S/c1-19-5-3-6-20(2)28(19)25-16-27(38-30(37-25)39-44-24-8-4-7-22(15-24)29(40)41)43-26(17-36)21-9-11-23(12-10-21)42-18-31(13-14-31)32(33,34)35/h3-12,15-16,26H,13-14,17-18,36H2,1-2H3,(H,40,41)(H,37,38,39). The van der Waals surface area contributed by atoms with E-state index in [9.17, 15) is 23.1 Å². The number of nitrogens with one attached hydrogen (secondary N) is 1. The zero-order chi connectivity index (χ0) is 31.5. The first-order valence-corrected chi connectivity index (χ1v) is 14.7. The first kappa shape index (κ1) is 31.1. The monoisotopic (exact) mass is 624 g/mol. The molecular formula is C32H31F3N4O4S. The molecule has 1 aliphatic carbocycles. The van der Waals surface area contributed by atoms with Gasteiger partial charge in [-0.3, -0.25) is 4.72 Å². The van der Waals surface area contributed by atoms with Crippen LogP contribution in [0.5, 0.6) is 11.6 Å². The molecule has 1 aromatic heterocycles. The fourth-order valence-electron chi connectivity index (χ4n) is 4.73. The molecule has 230 valence electrons. The van der Waals surface area contributed by atoms with Crippen LogP contribution in [-0.4, -0.2) is 40.4 Å². The number of carboxylic acid groups (broad SMARTS) is 1. The molecule has 8 nitrogen and oxygen atoms in total. The quantitative estimate of drug-likeness (QED) is 0.139. The lowest BCUT2D eigenvalue weighted by Gasteiger charge is -2.21. The Hall–Kier alpha value is -4.29. The number of aryl methyl sites for hydroxylation is 2. The molecule has 4 N–H and O–H groups in total. The number of carboxylic acids is 1. The first-order valence-electron chi connectivity index (χ1n) is 13.9. The molecule has 0 amide bonds. The Balaban J connectivity index is 1.37. The van der Waals surface area contributed by atoms with E-state index in [1.807, 2.05) is 32.0 Å². The molecule has 12 heteroatoms. The van der Waals surface area contributed by atoms with Crippen molar-refractivity contribution in [2.24, 2.45) is 11.1 Å². The van der Waals surface area contributed by atoms with E-state index in [0.29, 0.717) is 21.9 Å². The van der Waals surface area contributed by atoms with E-state index in [1.165, 1.54) is 12.1 Å². The van der Waals surface area contributed by atoms with Crippen molar-refractivity contribution in [1.82, 2.24) is 9.97 Å². The number of aromatic carboxylic acids is 1. The van der Waals surface area contributed by atoms with Gasteiger partial charge in [0.15, 0.2) is 0 Å². The van der Waals surface area contributed by atoms with Crippen molar-refractivity contribution in [1.29, 1.82) is 0 Å². The summed E-state index contributed by atoms with van der Waals surface area (Å²) in [6.45, 7) is 3.65. The summed E-state index contributed by atoms with van der Waals surface area (Å²) in [6.07, 6.45) is -4.76. The molecule has 44 heavy (non-hydrogen) atoms. The van der Waals surface area contributed by atoms with Gasteiger partial charge in [0.1, 0.15) is 23.9 Å². The maximum atomic E-state index is 13.3. The average Bonchev–Trinajstić information content (AvgIpc) is 3.80. The van der Waals surface area contributed by atoms with Crippen LogP contribution in [0.3, 0.4) is 0 Å². The molecule has 0 saturated heterocycles. The largest absolute Gasteiger partial charge is 0.493 e. The molecule has 0 spiro atoms. The van der Waals surface area contributed by atoms with Gasteiger partial charge in [0.05, 0.1) is 11.3 Å². The Kier molecular flexibility index (Phi) is 9.02. The Morgan fingerprint density at radius 2 is 1.73 bits per heavy atom. The smallest absolute Gasteiger partial charge is 0.397 e. The Bertz CT molecular complexity index is 1630. The fourth-order valence-corrected chi connectivity index (χ4v) is 5.37. The van der Waals surface area contributed by atoms with Crippen molar-refractivity contribution in [2.75, 3.05) is 17.9 Å². The lowest BCUT2D eigenvalue weighted by molar-refractivity contribution is -0.194. The topological polar surface area (TPSA) is 120 Å². The van der Waals surface area contributed by atoms with Crippen LogP contribution in [0, 0.1) is 19.3 Å². The summed E-state index contributed by atoms with van der Waals surface area (Å²) in [4.78, 5) is 21.3. The summed E-state index contributed by atoms with van der Waals surface area (Å²) >= 11 is 1.16. The van der Waals surface area contributed by atoms with E-state index in [2.05, 4.69) is 9.71 Å². The number of carbonyl (C=O) groups is 1. The number of nitrogens with two attached hydrogens (primary N) is 1. The molecule has 5 rings (SSSR count). The Morgan fingerprint density at radius 3 is 2.34 bits per heavy atom. The number of hydrogen-bond acceptors (Lipinski definition) is 8. The van der Waals surface area contributed by atoms with Gasteiger partial charge >= 0.3 is 12.1 Å². The van der Waals surface area contributed by atoms with Crippen molar-refractivity contribution in [3.8, 4) is 22.9 Å². The second-order valence-corrected chi connectivity index (χ2v) is 11.6. The maximum Gasteiger partial charge on any atom is 0.397 e. The number of rotatable bonds is 12. The number of benzene rings is 3. The highest BCUT2D eigenvalue weighted by molar-refractivity contribution is 8.00. The molecule has 1 saturated carbocycles. The highest BCUT2D eigenvalue weighted by Gasteiger charge is 2.63. The Morgan fingerprint density at radius 1 is 1.05 bits per heavy atom. The lowest BCUT2D eigenvalue weighted by atomic mass is 10.00. The van der Waals surface area contributed by atoms with Gasteiger partial charge in [-0.2, -0.15) is 18.2 Å². The number of ether oxygens (including phenoxy) is 2. The minimum atomic E-state index is -4.28. The second-order valence-electron chi connectivity index (χ2n) is 10.7. The predicted octanol–water partition coefficient (Wildman–Crippen LogP) is 7.38. The molecule has 4 aromatic rings. The lowest BCUT2D eigenvalue weighted by Crippen LogP contribution is -2.30. The van der Waals surface area contributed by atoms with Gasteiger partial charge in [0, 0.05) is 23.1 Å². The van der Waals surface area contributed by atoms with E-state index in [1.54, 1.807) is 42.5 Å². The maximum absolute atomic E-state index is 13.3. The molecule has 0 aliphatic heterocycles. The zero-order valence-corrected chi connectivity index (χ0v) is 24.8. The van der Waals surface area contributed by atoms with Gasteiger partial charge in [-0.25, -0.2) is 9.78 Å². The molecule has 1 fully saturated rings. The summed E-state index contributed by atoms with van der Waals surface area (Å²) < 4.78 is 54.6. The molecule has 0 radical (unpaired) electrons. The minimum Gasteiger partial charge on any atom is -0.493 e. The Labute approximate surface area is 257 Å². The van der Waals surface area contributed by atoms with Gasteiger partial charge in [-0.05, 0) is 85.7 Å². The normalized spacial score (nSPS) is 14.5. The predicted molar refractivity (Wildman–Crippen MR) is 162 cm³/mol. The molecule has 1 unspecified atom stereocenters. The van der Waals surface area contributed by atoms with Crippen LogP contribution in [-0.2, 0) is 0 Å². The van der Waals surface area contributed by atoms with E-state index in [-0.39, 0.29) is 36.8 Å². The summed E-state index contributed by atoms with van der Waals surface area (Å²) in [5.74, 6) is -0.215. The molecular weight excluding hydrogens is 593 g/mol. The van der Waals surface area contributed by atoms with Crippen molar-refractivity contribution in [3.63, 3.8) is 0 Å². The summed E-state index contributed by atoms with van der Waals surface area (Å²) in [5, 5.41) is 9.32. The van der Waals surface area contributed by atoms with Crippen molar-refractivity contribution < 1.29 is 32.5 Å². The van der Waals surface area contributed by atoms with Gasteiger partial charge in [0.25, 0.3) is 0 Å². The van der Waals surface area contributed by atoms with Gasteiger partial charge in [-0.1, -0.05) is 36.4 Å². The van der Waals surface area contributed by atoms with Crippen LogP contribution in [0.25, 0.3) is 11.3 Å². The third-order valence-electron chi connectivity index (χ3n) is 7.48. The minimum absolute atomic E-state index is 0.0741. The van der Waals surface area contributed by atoms with E-state index >= 15 is 0 Å². The highest BCUT2D eigenvalue weighted by atomic mass is 32.2. The number of nitrogens with zero attached hydrogens (tertiary/aromatic N) is 2. The highest BCUT2D eigenvalue weighted by Crippen LogP contribution is 2.57. The van der Waals surface area contributed by atoms with Crippen LogP contribution in [0.15, 0.2) is 77.7 Å². The van der Waals surface area contributed by atoms with Gasteiger partial charge in [0.2, 0.25) is 11.8 Å². The summed E-state index contributed by atoms with van der Waals surface area (Å²) in [5.41, 5.74) is 8.72. The van der Waals surface area contributed by atoms with E-state index in [4.69, 9.17) is 20.2 Å². The van der Waals surface area contributed by atoms with Crippen LogP contribution in [0.2, 0.25) is 0 Å². The van der Waals surface area contributed by atoms with E-state index in [0.717, 1.165) is 28.6 Å². The number of anilines is 1. The van der Waals surface area contributed by atoms with Crippen LogP contribution in [0.1, 0.15) is 46.0 Å². The zero-order valence-electron chi connectivity index (χ0n) is 24.0. The molecule has 1 aliphatic rings. The molecule has 1 heterocycles. The molecule has 3 aromatic carbocycles. The second kappa shape index (κ2) is 12.7. The molecule has 1 atom stereocenters. The number of halogens is 3. The van der Waals surface area contributed by atoms with Gasteiger partial charge in [-0.15, -0.1) is 0 Å². The fraction of sp³-hybridized carbons (Fsp3) is 0.281. The van der Waals surface area contributed by atoms with Crippen molar-refractivity contribution in [3.05, 3.63) is 95.1 Å². The summed E-state index contributed by atoms with van der Waals surface area (Å²) in [7, 11) is 0. The number of alkyl halides is 3. The van der Waals surface area contributed by atoms with Crippen LogP contribution in [0.4, 0.5) is 19.1 Å². The molecule has 0 bridgehead atoms.